The first kappa shape index (κ1) is 24.8. The van der Waals surface area contributed by atoms with Gasteiger partial charge in [0.05, 0.1) is 43.6 Å². The predicted molar refractivity (Wildman–Crippen MR) is 133 cm³/mol. The van der Waals surface area contributed by atoms with E-state index in [4.69, 9.17) is 9.47 Å². The quantitative estimate of drug-likeness (QED) is 0.531. The summed E-state index contributed by atoms with van der Waals surface area (Å²) in [4.78, 5) is 41.1. The van der Waals surface area contributed by atoms with Gasteiger partial charge >= 0.3 is 6.03 Å². The molecule has 4 atom stereocenters. The van der Waals surface area contributed by atoms with E-state index in [1.807, 2.05) is 24.3 Å². The molecule has 2 aromatic rings. The maximum atomic E-state index is 13.1. The van der Waals surface area contributed by atoms with Crippen LogP contribution in [0.15, 0.2) is 48.5 Å². The standard InChI is InChI=1S/C24H29N5O5S/c1-28-21-19(23(31)29(2)24(28)32)22(27-20(26-21)14-5-9-16(33-3)10-6-14)35-13-18(30)25-15-7-11-17(34-4)12-8-15/h5-12,19-22,26-27H,13H2,1-4H3,(H,25,30). The Hall–Kier alpha value is -3.28. The van der Waals surface area contributed by atoms with Crippen LogP contribution < -0.4 is 25.4 Å². The third-order valence-corrected chi connectivity index (χ3v) is 7.39. The molecule has 4 rings (SSSR count). The Bertz CT molecular complexity index is 1080. The summed E-state index contributed by atoms with van der Waals surface area (Å²) in [6, 6.07) is 14.2. The number of nitrogens with zero attached hydrogens (tertiary/aromatic N) is 2. The lowest BCUT2D eigenvalue weighted by molar-refractivity contribution is -0.140. The van der Waals surface area contributed by atoms with Crippen molar-refractivity contribution in [3.63, 3.8) is 0 Å². The molecule has 3 N–H and O–H groups in total. The van der Waals surface area contributed by atoms with E-state index in [1.54, 1.807) is 45.5 Å². The van der Waals surface area contributed by atoms with Crippen LogP contribution in [0, 0.1) is 5.92 Å². The van der Waals surface area contributed by atoms with Gasteiger partial charge in [0, 0.05) is 19.8 Å². The van der Waals surface area contributed by atoms with Crippen molar-refractivity contribution < 1.29 is 23.9 Å². The number of fused-ring (bicyclic) bond motifs is 1. The van der Waals surface area contributed by atoms with E-state index >= 15 is 0 Å². The Labute approximate surface area is 208 Å². The van der Waals surface area contributed by atoms with Gasteiger partial charge in [-0.2, -0.15) is 0 Å². The molecular formula is C24H29N5O5S. The largest absolute Gasteiger partial charge is 0.497 e. The lowest BCUT2D eigenvalue weighted by Crippen LogP contribution is -2.72. The van der Waals surface area contributed by atoms with Crippen LogP contribution in [0.2, 0.25) is 0 Å². The van der Waals surface area contributed by atoms with Crippen molar-refractivity contribution in [1.82, 2.24) is 20.4 Å². The van der Waals surface area contributed by atoms with Crippen molar-refractivity contribution in [3.8, 4) is 11.5 Å². The minimum Gasteiger partial charge on any atom is -0.497 e. The van der Waals surface area contributed by atoms with E-state index in [0.717, 1.165) is 16.2 Å². The third-order valence-electron chi connectivity index (χ3n) is 6.17. The molecule has 35 heavy (non-hydrogen) atoms. The van der Waals surface area contributed by atoms with Crippen molar-refractivity contribution in [2.24, 2.45) is 5.92 Å². The van der Waals surface area contributed by atoms with E-state index in [-0.39, 0.29) is 29.8 Å². The minimum atomic E-state index is -0.573. The monoisotopic (exact) mass is 499 g/mol. The number of carbonyl (C=O) groups is 3. The fraction of sp³-hybridized carbons (Fsp3) is 0.375. The smallest absolute Gasteiger partial charge is 0.327 e. The average Bonchev–Trinajstić information content (AvgIpc) is 2.89. The van der Waals surface area contributed by atoms with Gasteiger partial charge in [-0.1, -0.05) is 12.1 Å². The van der Waals surface area contributed by atoms with E-state index in [2.05, 4.69) is 16.0 Å². The second-order valence-corrected chi connectivity index (χ2v) is 9.44. The number of hydrogen-bond donors (Lipinski definition) is 3. The first-order valence-electron chi connectivity index (χ1n) is 11.1. The van der Waals surface area contributed by atoms with Crippen LogP contribution in [0.3, 0.4) is 0 Å². The van der Waals surface area contributed by atoms with Gasteiger partial charge in [-0.3, -0.25) is 25.1 Å². The summed E-state index contributed by atoms with van der Waals surface area (Å²) < 4.78 is 10.4. The number of hydrogen-bond acceptors (Lipinski definition) is 8. The fourth-order valence-corrected chi connectivity index (χ4v) is 5.33. The number of urea groups is 1. The van der Waals surface area contributed by atoms with Gasteiger partial charge in [0.2, 0.25) is 11.8 Å². The van der Waals surface area contributed by atoms with Gasteiger partial charge < -0.3 is 19.7 Å². The highest BCUT2D eigenvalue weighted by atomic mass is 32.2. The molecule has 0 bridgehead atoms. The Morgan fingerprint density at radius 1 is 0.971 bits per heavy atom. The van der Waals surface area contributed by atoms with Crippen LogP contribution in [-0.4, -0.2) is 73.3 Å². The molecule has 2 aliphatic rings. The summed E-state index contributed by atoms with van der Waals surface area (Å²) in [5.74, 6) is 0.488. The Morgan fingerprint density at radius 2 is 1.57 bits per heavy atom. The van der Waals surface area contributed by atoms with E-state index in [1.165, 1.54) is 23.7 Å². The number of imide groups is 1. The summed E-state index contributed by atoms with van der Waals surface area (Å²) in [6.07, 6.45) is -0.863. The number of methoxy groups -OCH3 is 2. The van der Waals surface area contributed by atoms with Gasteiger partial charge in [-0.05, 0) is 42.0 Å². The van der Waals surface area contributed by atoms with Crippen LogP contribution in [0.25, 0.3) is 0 Å². The maximum absolute atomic E-state index is 13.1. The molecule has 4 unspecified atom stereocenters. The van der Waals surface area contributed by atoms with Crippen molar-refractivity contribution in [1.29, 1.82) is 0 Å². The van der Waals surface area contributed by atoms with E-state index in [9.17, 15) is 14.4 Å². The molecule has 0 radical (unpaired) electrons. The zero-order chi connectivity index (χ0) is 25.1. The number of rotatable bonds is 7. The number of carbonyl (C=O) groups excluding carboxylic acids is 3. The van der Waals surface area contributed by atoms with Crippen molar-refractivity contribution >= 4 is 35.3 Å². The number of thioether (sulfide) groups is 1. The Morgan fingerprint density at radius 3 is 2.17 bits per heavy atom. The molecule has 2 aromatic carbocycles. The highest BCUT2D eigenvalue weighted by molar-refractivity contribution is 8.00. The molecule has 0 spiro atoms. The predicted octanol–water partition coefficient (Wildman–Crippen LogP) is 2.06. The van der Waals surface area contributed by atoms with Gasteiger partial charge in [0.1, 0.15) is 11.5 Å². The topological polar surface area (TPSA) is 112 Å². The summed E-state index contributed by atoms with van der Waals surface area (Å²) >= 11 is 1.34. The molecule has 0 saturated carbocycles. The molecule has 0 aromatic heterocycles. The SMILES string of the molecule is COc1ccc(NC(=O)CSC2NC(c3ccc(OC)cc3)NC3C2C(=O)N(C)C(=O)N3C)cc1. The summed E-state index contributed by atoms with van der Waals surface area (Å²) in [5, 5.41) is 9.29. The fourth-order valence-electron chi connectivity index (χ4n) is 4.22. The zero-order valence-corrected chi connectivity index (χ0v) is 20.8. The average molecular weight is 500 g/mol. The first-order chi connectivity index (χ1) is 16.8. The highest BCUT2D eigenvalue weighted by Gasteiger charge is 2.51. The molecule has 0 aliphatic carbocycles. The van der Waals surface area contributed by atoms with Crippen LogP contribution in [-0.2, 0) is 9.59 Å². The highest BCUT2D eigenvalue weighted by Crippen LogP contribution is 2.34. The Balaban J connectivity index is 1.51. The second kappa shape index (κ2) is 10.5. The van der Waals surface area contributed by atoms with Crippen molar-refractivity contribution in [3.05, 3.63) is 54.1 Å². The molecule has 2 fully saturated rings. The summed E-state index contributed by atoms with van der Waals surface area (Å²) in [7, 11) is 6.33. The third kappa shape index (κ3) is 5.21. The number of amides is 4. The molecule has 2 saturated heterocycles. The first-order valence-corrected chi connectivity index (χ1v) is 12.1. The molecule has 2 heterocycles. The summed E-state index contributed by atoms with van der Waals surface area (Å²) in [5.41, 5.74) is 1.58. The molecule has 10 nitrogen and oxygen atoms in total. The molecular weight excluding hydrogens is 470 g/mol. The van der Waals surface area contributed by atoms with E-state index < -0.39 is 17.5 Å². The number of benzene rings is 2. The van der Waals surface area contributed by atoms with Crippen LogP contribution >= 0.6 is 11.8 Å². The summed E-state index contributed by atoms with van der Waals surface area (Å²) in [6.45, 7) is 0. The van der Waals surface area contributed by atoms with Gasteiger partial charge in [-0.15, -0.1) is 11.8 Å². The lowest BCUT2D eigenvalue weighted by Gasteiger charge is -2.50. The van der Waals surface area contributed by atoms with Gasteiger partial charge in [-0.25, -0.2) is 4.79 Å². The maximum Gasteiger partial charge on any atom is 0.327 e. The van der Waals surface area contributed by atoms with Crippen LogP contribution in [0.4, 0.5) is 10.5 Å². The molecule has 4 amide bonds. The molecule has 2 aliphatic heterocycles. The Kier molecular flexibility index (Phi) is 7.48. The van der Waals surface area contributed by atoms with Crippen LogP contribution in [0.5, 0.6) is 11.5 Å². The minimum absolute atomic E-state index is 0.122. The second-order valence-electron chi connectivity index (χ2n) is 8.31. The van der Waals surface area contributed by atoms with Gasteiger partial charge in [0.25, 0.3) is 0 Å². The van der Waals surface area contributed by atoms with Crippen molar-refractivity contribution in [2.75, 3.05) is 39.4 Å². The lowest BCUT2D eigenvalue weighted by atomic mass is 9.96. The zero-order valence-electron chi connectivity index (χ0n) is 20.0. The van der Waals surface area contributed by atoms with E-state index in [0.29, 0.717) is 11.4 Å². The molecule has 11 heteroatoms. The van der Waals surface area contributed by atoms with Crippen LogP contribution in [0.1, 0.15) is 11.7 Å². The number of ether oxygens (including phenoxy) is 2. The number of nitrogens with one attached hydrogen (secondary N) is 3. The number of anilines is 1. The van der Waals surface area contributed by atoms with Crippen molar-refractivity contribution in [2.45, 2.75) is 17.7 Å². The normalized spacial score (nSPS) is 24.1. The van der Waals surface area contributed by atoms with Gasteiger partial charge in [0.15, 0.2) is 0 Å². The molecule has 186 valence electrons.